The zero-order chi connectivity index (χ0) is 17.0. The first-order chi connectivity index (χ1) is 11.0. The molecule has 0 aliphatic rings. The number of aryl methyl sites for hydroxylation is 1. The molecular formula is C19H26N2O2. The van der Waals surface area contributed by atoms with E-state index in [0.717, 1.165) is 12.8 Å². The van der Waals surface area contributed by atoms with Gasteiger partial charge in [0.1, 0.15) is 11.9 Å². The third-order valence-corrected chi connectivity index (χ3v) is 4.36. The minimum atomic E-state index is -0.351. The number of hydrogen-bond donors (Lipinski definition) is 0. The highest BCUT2D eigenvalue weighted by atomic mass is 16.6. The third-order valence-electron chi connectivity index (χ3n) is 4.36. The van der Waals surface area contributed by atoms with E-state index in [1.807, 2.05) is 13.0 Å². The lowest BCUT2D eigenvalue weighted by molar-refractivity contribution is 0.102. The fraction of sp³-hybridized carbons (Fsp3) is 0.474. The molecule has 0 N–H and O–H groups in total. The highest BCUT2D eigenvalue weighted by Crippen LogP contribution is 2.27. The number of rotatable bonds is 5. The summed E-state index contributed by atoms with van der Waals surface area (Å²) in [6, 6.07) is 6.23. The van der Waals surface area contributed by atoms with Crippen LogP contribution in [-0.4, -0.2) is 21.7 Å². The van der Waals surface area contributed by atoms with Gasteiger partial charge in [0.15, 0.2) is 0 Å². The molecular weight excluding hydrogens is 288 g/mol. The summed E-state index contributed by atoms with van der Waals surface area (Å²) in [7, 11) is 0. The molecule has 2 atom stereocenters. The average Bonchev–Trinajstić information content (AvgIpc) is 2.99. The van der Waals surface area contributed by atoms with E-state index in [4.69, 9.17) is 4.74 Å². The van der Waals surface area contributed by atoms with Crippen LogP contribution in [0.1, 0.15) is 62.0 Å². The van der Waals surface area contributed by atoms with Gasteiger partial charge in [0, 0.05) is 18.3 Å². The molecule has 0 spiro atoms. The van der Waals surface area contributed by atoms with Crippen LogP contribution in [0.25, 0.3) is 0 Å². The van der Waals surface area contributed by atoms with Crippen molar-refractivity contribution in [2.24, 2.45) is 0 Å². The van der Waals surface area contributed by atoms with Crippen LogP contribution in [0.15, 0.2) is 30.6 Å². The Balaban J connectivity index is 2.26. The minimum Gasteiger partial charge on any atom is -0.446 e. The predicted molar refractivity (Wildman–Crippen MR) is 91.9 cm³/mol. The molecule has 0 fully saturated rings. The number of carbonyl (C=O) groups is 1. The molecule has 2 aromatic rings. The molecule has 1 unspecified atom stereocenters. The van der Waals surface area contributed by atoms with Crippen molar-refractivity contribution in [2.45, 2.75) is 59.5 Å². The maximum Gasteiger partial charge on any atom is 0.419 e. The van der Waals surface area contributed by atoms with Crippen molar-refractivity contribution in [1.29, 1.82) is 0 Å². The van der Waals surface area contributed by atoms with Crippen LogP contribution in [-0.2, 0) is 4.74 Å². The van der Waals surface area contributed by atoms with Crippen molar-refractivity contribution in [3.8, 4) is 0 Å². The van der Waals surface area contributed by atoms with Crippen LogP contribution in [0.2, 0.25) is 0 Å². The van der Waals surface area contributed by atoms with Gasteiger partial charge in [0.2, 0.25) is 0 Å². The molecule has 1 heterocycles. The van der Waals surface area contributed by atoms with Crippen molar-refractivity contribution in [2.75, 3.05) is 0 Å². The second-order valence-corrected chi connectivity index (χ2v) is 6.15. The fourth-order valence-corrected chi connectivity index (χ4v) is 2.87. The standard InChI is InChI=1S/C19H26N2O2/c1-6-8-14(3)23-19(22)21-12-11-20-18(21)16(5)17-10-7-9-13(2)15(17)4/h7,9-12,14,16H,6,8H2,1-5H3/t14?,16-/m0/s1. The number of aromatic nitrogens is 2. The Labute approximate surface area is 138 Å². The summed E-state index contributed by atoms with van der Waals surface area (Å²) in [5.41, 5.74) is 3.67. The predicted octanol–water partition coefficient (Wildman–Crippen LogP) is 4.83. The Morgan fingerprint density at radius 2 is 2.04 bits per heavy atom. The van der Waals surface area contributed by atoms with Gasteiger partial charge in [-0.3, -0.25) is 0 Å². The highest BCUT2D eigenvalue weighted by Gasteiger charge is 2.21. The lowest BCUT2D eigenvalue weighted by Gasteiger charge is -2.18. The number of ether oxygens (including phenoxy) is 1. The summed E-state index contributed by atoms with van der Waals surface area (Å²) < 4.78 is 7.03. The molecule has 4 nitrogen and oxygen atoms in total. The van der Waals surface area contributed by atoms with Gasteiger partial charge in [-0.25, -0.2) is 14.3 Å². The summed E-state index contributed by atoms with van der Waals surface area (Å²) in [6.45, 7) is 10.3. The maximum absolute atomic E-state index is 12.4. The van der Waals surface area contributed by atoms with E-state index in [0.29, 0.717) is 5.82 Å². The second-order valence-electron chi connectivity index (χ2n) is 6.15. The number of nitrogens with zero attached hydrogens (tertiary/aromatic N) is 2. The molecule has 0 saturated heterocycles. The van der Waals surface area contributed by atoms with E-state index in [9.17, 15) is 4.79 Å². The van der Waals surface area contributed by atoms with Crippen molar-refractivity contribution in [3.63, 3.8) is 0 Å². The first kappa shape index (κ1) is 17.3. The van der Waals surface area contributed by atoms with Gasteiger partial charge in [-0.2, -0.15) is 0 Å². The molecule has 0 aliphatic carbocycles. The molecule has 0 radical (unpaired) electrons. The van der Waals surface area contributed by atoms with E-state index in [2.05, 4.69) is 44.8 Å². The lowest BCUT2D eigenvalue weighted by Crippen LogP contribution is -2.22. The van der Waals surface area contributed by atoms with Gasteiger partial charge in [-0.1, -0.05) is 38.5 Å². The monoisotopic (exact) mass is 314 g/mol. The zero-order valence-corrected chi connectivity index (χ0v) is 14.7. The van der Waals surface area contributed by atoms with E-state index in [1.54, 1.807) is 12.4 Å². The quantitative estimate of drug-likeness (QED) is 0.794. The van der Waals surface area contributed by atoms with E-state index < -0.39 is 0 Å². The normalized spacial score (nSPS) is 13.6. The first-order valence-corrected chi connectivity index (χ1v) is 8.26. The van der Waals surface area contributed by atoms with E-state index in [1.165, 1.54) is 21.3 Å². The van der Waals surface area contributed by atoms with Gasteiger partial charge < -0.3 is 4.74 Å². The van der Waals surface area contributed by atoms with Crippen molar-refractivity contribution >= 4 is 6.09 Å². The van der Waals surface area contributed by atoms with Crippen LogP contribution < -0.4 is 0 Å². The SMILES string of the molecule is CCCC(C)OC(=O)n1ccnc1[C@@H](C)c1cccc(C)c1C. The number of hydrogen-bond acceptors (Lipinski definition) is 3. The molecule has 23 heavy (non-hydrogen) atoms. The molecule has 0 bridgehead atoms. The summed E-state index contributed by atoms with van der Waals surface area (Å²) in [5, 5.41) is 0. The van der Waals surface area contributed by atoms with Crippen LogP contribution in [0, 0.1) is 13.8 Å². The molecule has 2 rings (SSSR count). The topological polar surface area (TPSA) is 44.1 Å². The second kappa shape index (κ2) is 7.44. The van der Waals surface area contributed by atoms with Crippen molar-refractivity contribution < 1.29 is 9.53 Å². The van der Waals surface area contributed by atoms with Gasteiger partial charge in [0.05, 0.1) is 0 Å². The zero-order valence-electron chi connectivity index (χ0n) is 14.7. The number of imidazole rings is 1. The molecule has 1 aromatic heterocycles. The summed E-state index contributed by atoms with van der Waals surface area (Å²) >= 11 is 0. The molecule has 0 saturated carbocycles. The largest absolute Gasteiger partial charge is 0.446 e. The third kappa shape index (κ3) is 3.81. The number of carbonyl (C=O) groups excluding carboxylic acids is 1. The summed E-state index contributed by atoms with van der Waals surface area (Å²) in [5.74, 6) is 0.742. The highest BCUT2D eigenvalue weighted by molar-refractivity contribution is 5.71. The van der Waals surface area contributed by atoms with Gasteiger partial charge >= 0.3 is 6.09 Å². The van der Waals surface area contributed by atoms with Gasteiger partial charge in [0.25, 0.3) is 0 Å². The Hall–Kier alpha value is -2.10. The number of benzene rings is 1. The van der Waals surface area contributed by atoms with Crippen molar-refractivity contribution in [3.05, 3.63) is 53.1 Å². The molecule has 1 aromatic carbocycles. The first-order valence-electron chi connectivity index (χ1n) is 8.26. The van der Waals surface area contributed by atoms with Crippen molar-refractivity contribution in [1.82, 2.24) is 9.55 Å². The van der Waals surface area contributed by atoms with Gasteiger partial charge in [-0.05, 0) is 43.9 Å². The molecule has 0 aliphatic heterocycles. The lowest BCUT2D eigenvalue weighted by atomic mass is 9.93. The van der Waals surface area contributed by atoms with E-state index in [-0.39, 0.29) is 18.1 Å². The fourth-order valence-electron chi connectivity index (χ4n) is 2.87. The van der Waals surface area contributed by atoms with Crippen LogP contribution in [0.5, 0.6) is 0 Å². The Bertz CT molecular complexity index is 676. The molecule has 124 valence electrons. The van der Waals surface area contributed by atoms with Gasteiger partial charge in [-0.15, -0.1) is 0 Å². The Morgan fingerprint density at radius 1 is 1.30 bits per heavy atom. The molecule has 0 amide bonds. The minimum absolute atomic E-state index is 0.0268. The van der Waals surface area contributed by atoms with Crippen LogP contribution in [0.4, 0.5) is 4.79 Å². The Morgan fingerprint density at radius 3 is 2.74 bits per heavy atom. The maximum atomic E-state index is 12.4. The van der Waals surface area contributed by atoms with Crippen LogP contribution in [0.3, 0.4) is 0 Å². The Kier molecular flexibility index (Phi) is 5.59. The average molecular weight is 314 g/mol. The van der Waals surface area contributed by atoms with Crippen LogP contribution >= 0.6 is 0 Å². The molecule has 4 heteroatoms. The smallest absolute Gasteiger partial charge is 0.419 e. The summed E-state index contributed by atoms with van der Waals surface area (Å²) in [4.78, 5) is 16.8. The van der Waals surface area contributed by atoms with E-state index >= 15 is 0 Å². The summed E-state index contributed by atoms with van der Waals surface area (Å²) in [6.07, 6.45) is 4.75.